The Labute approximate surface area is 157 Å². The maximum Gasteiger partial charge on any atom is 0.107 e. The van der Waals surface area contributed by atoms with Crippen LogP contribution >= 0.6 is 22.9 Å². The van der Waals surface area contributed by atoms with Crippen molar-refractivity contribution in [3.05, 3.63) is 52.0 Å². The first-order valence-electron chi connectivity index (χ1n) is 8.21. The van der Waals surface area contributed by atoms with E-state index in [1.165, 1.54) is 0 Å². The molecule has 1 N–H and O–H groups in total. The molecule has 0 saturated heterocycles. The molecular formula is C20H22ClNO2S. The highest BCUT2D eigenvalue weighted by Gasteiger charge is 2.26. The molecule has 0 fully saturated rings. The van der Waals surface area contributed by atoms with E-state index in [1.54, 1.807) is 11.3 Å². The number of rotatable bonds is 4. The number of benzene rings is 2. The minimum atomic E-state index is -0.405. The number of hydrogen-bond acceptors (Lipinski definition) is 4. The van der Waals surface area contributed by atoms with Crippen LogP contribution in [0.4, 0.5) is 0 Å². The third-order valence-corrected chi connectivity index (χ3v) is 5.10. The highest BCUT2D eigenvalue weighted by atomic mass is 35.5. The molecule has 3 aromatic rings. The number of ether oxygens (including phenoxy) is 1. The number of aromatic nitrogens is 1. The Bertz CT molecular complexity index is 881. The van der Waals surface area contributed by atoms with E-state index < -0.39 is 6.10 Å². The van der Waals surface area contributed by atoms with E-state index in [0.29, 0.717) is 5.02 Å². The van der Waals surface area contributed by atoms with Gasteiger partial charge in [0.2, 0.25) is 0 Å². The Kier molecular flexibility index (Phi) is 5.16. The molecule has 0 amide bonds. The molecule has 1 aromatic heterocycles. The quantitative estimate of drug-likeness (QED) is 0.629. The van der Waals surface area contributed by atoms with Gasteiger partial charge in [-0.3, -0.25) is 0 Å². The van der Waals surface area contributed by atoms with Crippen molar-refractivity contribution in [1.82, 2.24) is 4.98 Å². The number of halogens is 1. The Hall–Kier alpha value is -1.46. The zero-order valence-corrected chi connectivity index (χ0v) is 16.4. The summed E-state index contributed by atoms with van der Waals surface area (Å²) in [6.07, 6.45) is -0.405. The fraction of sp³-hybridized carbons (Fsp3) is 0.350. The van der Waals surface area contributed by atoms with Crippen molar-refractivity contribution >= 4 is 33.2 Å². The molecule has 25 heavy (non-hydrogen) atoms. The summed E-state index contributed by atoms with van der Waals surface area (Å²) in [6, 6.07) is 9.84. The monoisotopic (exact) mass is 375 g/mol. The molecule has 1 heterocycles. The lowest BCUT2D eigenvalue weighted by atomic mass is 9.91. The highest BCUT2D eigenvalue weighted by molar-refractivity contribution is 7.17. The minimum absolute atomic E-state index is 0.0803. The maximum atomic E-state index is 10.0. The van der Waals surface area contributed by atoms with Crippen LogP contribution in [0, 0.1) is 6.92 Å². The molecule has 1 atom stereocenters. The Morgan fingerprint density at radius 2 is 1.92 bits per heavy atom. The van der Waals surface area contributed by atoms with Crippen LogP contribution in [-0.4, -0.2) is 22.3 Å². The third kappa shape index (κ3) is 3.87. The predicted molar refractivity (Wildman–Crippen MR) is 105 cm³/mol. The van der Waals surface area contributed by atoms with Crippen LogP contribution in [-0.2, 0) is 4.74 Å². The van der Waals surface area contributed by atoms with Gasteiger partial charge >= 0.3 is 0 Å². The second-order valence-corrected chi connectivity index (χ2v) is 8.38. The summed E-state index contributed by atoms with van der Waals surface area (Å²) in [6.45, 7) is 7.96. The number of hydrogen-bond donors (Lipinski definition) is 1. The maximum absolute atomic E-state index is 10.0. The molecule has 1 unspecified atom stereocenters. The van der Waals surface area contributed by atoms with Gasteiger partial charge in [-0.1, -0.05) is 23.7 Å². The lowest BCUT2D eigenvalue weighted by molar-refractivity contribution is -0.0821. The summed E-state index contributed by atoms with van der Waals surface area (Å²) >= 11 is 7.67. The number of nitrogens with zero attached hydrogens (tertiary/aromatic N) is 1. The lowest BCUT2D eigenvalue weighted by Gasteiger charge is -2.29. The largest absolute Gasteiger partial charge is 0.393 e. The molecule has 2 aromatic carbocycles. The van der Waals surface area contributed by atoms with Crippen LogP contribution < -0.4 is 0 Å². The first kappa shape index (κ1) is 18.3. The molecule has 5 heteroatoms. The molecule has 3 nitrogen and oxygen atoms in total. The SMILES string of the molecule is Cc1cc2ncsc2c(-c2ccc(Cl)cc2)c1C(CO)OC(C)(C)C. The topological polar surface area (TPSA) is 42.4 Å². The number of thiazole rings is 1. The van der Waals surface area contributed by atoms with E-state index in [2.05, 4.69) is 11.1 Å². The molecule has 132 valence electrons. The van der Waals surface area contributed by atoms with Gasteiger partial charge in [-0.15, -0.1) is 11.3 Å². The van der Waals surface area contributed by atoms with Crippen molar-refractivity contribution in [2.75, 3.05) is 6.61 Å². The highest BCUT2D eigenvalue weighted by Crippen LogP contribution is 2.41. The number of aryl methyl sites for hydroxylation is 1. The summed E-state index contributed by atoms with van der Waals surface area (Å²) in [4.78, 5) is 4.47. The van der Waals surface area contributed by atoms with Gasteiger partial charge in [0.05, 0.1) is 27.9 Å². The predicted octanol–water partition coefficient (Wildman–Crippen LogP) is 5.77. The van der Waals surface area contributed by atoms with Gasteiger partial charge in [0.15, 0.2) is 0 Å². The molecule has 3 rings (SSSR count). The van der Waals surface area contributed by atoms with Crippen LogP contribution in [0.15, 0.2) is 35.8 Å². The van der Waals surface area contributed by atoms with Crippen molar-refractivity contribution in [1.29, 1.82) is 0 Å². The minimum Gasteiger partial charge on any atom is -0.393 e. The molecule has 0 radical (unpaired) electrons. The average molecular weight is 376 g/mol. The van der Waals surface area contributed by atoms with Crippen molar-refractivity contribution in [3.63, 3.8) is 0 Å². The van der Waals surface area contributed by atoms with E-state index in [4.69, 9.17) is 16.3 Å². The summed E-state index contributed by atoms with van der Waals surface area (Å²) < 4.78 is 7.27. The van der Waals surface area contributed by atoms with Crippen LogP contribution in [0.2, 0.25) is 5.02 Å². The van der Waals surface area contributed by atoms with Gasteiger partial charge in [-0.25, -0.2) is 4.98 Å². The van der Waals surface area contributed by atoms with Crippen LogP contribution in [0.25, 0.3) is 21.3 Å². The van der Waals surface area contributed by atoms with Gasteiger partial charge in [0, 0.05) is 10.6 Å². The second kappa shape index (κ2) is 7.04. The van der Waals surface area contributed by atoms with Gasteiger partial charge in [0.25, 0.3) is 0 Å². The fourth-order valence-electron chi connectivity index (χ4n) is 3.08. The number of fused-ring (bicyclic) bond motifs is 1. The molecule has 0 aliphatic heterocycles. The smallest absolute Gasteiger partial charge is 0.107 e. The van der Waals surface area contributed by atoms with Crippen molar-refractivity contribution in [2.45, 2.75) is 39.4 Å². The lowest BCUT2D eigenvalue weighted by Crippen LogP contribution is -2.25. The van der Waals surface area contributed by atoms with Gasteiger partial charge < -0.3 is 9.84 Å². The van der Waals surface area contributed by atoms with Gasteiger partial charge in [0.1, 0.15) is 6.10 Å². The zero-order chi connectivity index (χ0) is 18.2. The molecular weight excluding hydrogens is 354 g/mol. The molecule has 0 aliphatic carbocycles. The number of aliphatic hydroxyl groups excluding tert-OH is 1. The standard InChI is InChI=1S/C20H22ClNO2S/c1-12-9-15-19(25-11-22-15)18(13-5-7-14(21)8-6-13)17(12)16(10-23)24-20(2,3)4/h5-9,11,16,23H,10H2,1-4H3. The van der Waals surface area contributed by atoms with Crippen molar-refractivity contribution in [2.24, 2.45) is 0 Å². The Balaban J connectivity index is 2.28. The number of aliphatic hydroxyl groups is 1. The van der Waals surface area contributed by atoms with Crippen LogP contribution in [0.1, 0.15) is 38.0 Å². The Morgan fingerprint density at radius 3 is 2.52 bits per heavy atom. The average Bonchev–Trinajstić information content (AvgIpc) is 2.99. The molecule has 0 aliphatic rings. The van der Waals surface area contributed by atoms with Crippen molar-refractivity contribution < 1.29 is 9.84 Å². The van der Waals surface area contributed by atoms with Crippen molar-refractivity contribution in [3.8, 4) is 11.1 Å². The first-order chi connectivity index (χ1) is 11.8. The molecule has 0 spiro atoms. The van der Waals surface area contributed by atoms with E-state index in [1.807, 2.05) is 57.5 Å². The van der Waals surface area contributed by atoms with E-state index in [0.717, 1.165) is 32.5 Å². The van der Waals surface area contributed by atoms with E-state index in [9.17, 15) is 5.11 Å². The Morgan fingerprint density at radius 1 is 1.24 bits per heavy atom. The van der Waals surface area contributed by atoms with E-state index >= 15 is 0 Å². The summed E-state index contributed by atoms with van der Waals surface area (Å²) in [5.41, 5.74) is 6.64. The van der Waals surface area contributed by atoms with Gasteiger partial charge in [-0.05, 0) is 62.6 Å². The van der Waals surface area contributed by atoms with Crippen LogP contribution in [0.3, 0.4) is 0 Å². The normalized spacial score (nSPS) is 13.4. The van der Waals surface area contributed by atoms with Gasteiger partial charge in [-0.2, -0.15) is 0 Å². The van der Waals surface area contributed by atoms with Crippen LogP contribution in [0.5, 0.6) is 0 Å². The first-order valence-corrected chi connectivity index (χ1v) is 9.47. The second-order valence-electron chi connectivity index (χ2n) is 7.09. The fourth-order valence-corrected chi connectivity index (χ4v) is 4.05. The third-order valence-electron chi connectivity index (χ3n) is 3.99. The van der Waals surface area contributed by atoms with E-state index in [-0.39, 0.29) is 12.2 Å². The zero-order valence-electron chi connectivity index (χ0n) is 14.8. The molecule has 0 bridgehead atoms. The summed E-state index contributed by atoms with van der Waals surface area (Å²) in [5, 5.41) is 10.7. The molecule has 0 saturated carbocycles. The summed E-state index contributed by atoms with van der Waals surface area (Å²) in [5.74, 6) is 0. The summed E-state index contributed by atoms with van der Waals surface area (Å²) in [7, 11) is 0.